The average Bonchev–Trinajstić information content (AvgIpc) is 2.34. The second kappa shape index (κ2) is 7.29. The predicted molar refractivity (Wildman–Crippen MR) is 71.7 cm³/mol. The van der Waals surface area contributed by atoms with E-state index in [9.17, 15) is 4.79 Å². The van der Waals surface area contributed by atoms with Crippen LogP contribution in [-0.2, 0) is 6.54 Å². The summed E-state index contributed by atoms with van der Waals surface area (Å²) in [4.78, 5) is 11.3. The molecule has 0 saturated heterocycles. The van der Waals surface area contributed by atoms with Crippen LogP contribution >= 0.6 is 27.7 Å². The van der Waals surface area contributed by atoms with Gasteiger partial charge in [-0.15, -0.1) is 11.8 Å². The van der Waals surface area contributed by atoms with Crippen LogP contribution in [0.2, 0.25) is 0 Å². The highest BCUT2D eigenvalue weighted by Crippen LogP contribution is 2.03. The number of hydrogen-bond donors (Lipinski definition) is 2. The molecule has 0 aliphatic carbocycles. The van der Waals surface area contributed by atoms with Gasteiger partial charge in [0.25, 0.3) is 0 Å². The fourth-order valence-corrected chi connectivity index (χ4v) is 1.18. The van der Waals surface area contributed by atoms with Crippen LogP contribution in [-0.4, -0.2) is 16.2 Å². The number of rotatable bonds is 3. The molecule has 0 spiro atoms. The van der Waals surface area contributed by atoms with Crippen LogP contribution in [0.1, 0.15) is 5.56 Å². The molecule has 0 aliphatic heterocycles. The summed E-state index contributed by atoms with van der Waals surface area (Å²) < 4.78 is 0.627. The van der Waals surface area contributed by atoms with E-state index in [0.29, 0.717) is 10.5 Å². The number of thioether (sulfide) groups is 1. The maximum absolute atomic E-state index is 11.3. The third kappa shape index (κ3) is 5.18. The van der Waals surface area contributed by atoms with E-state index < -0.39 is 0 Å². The number of carbonyl (C=O) groups is 1. The lowest BCUT2D eigenvalue weighted by molar-refractivity contribution is 0.241. The van der Waals surface area contributed by atoms with Gasteiger partial charge in [-0.05, 0) is 27.7 Å². The van der Waals surface area contributed by atoms with E-state index >= 15 is 0 Å². The highest BCUT2D eigenvalue weighted by molar-refractivity contribution is 9.22. The standard InChI is InChI=1S/C10H12BrN3OS/c1-16-9(11)13-14-10(15)12-7-8-5-3-2-4-6-8/h2-6H,7H2,1H3,(H2,12,14,15)/b13-9-. The molecular formula is C10H12BrN3OS. The third-order valence-electron chi connectivity index (χ3n) is 1.71. The van der Waals surface area contributed by atoms with Gasteiger partial charge in [0.1, 0.15) is 0 Å². The number of hydrogen-bond acceptors (Lipinski definition) is 3. The Bertz CT molecular complexity index is 370. The summed E-state index contributed by atoms with van der Waals surface area (Å²) in [6, 6.07) is 9.36. The number of nitrogens with one attached hydrogen (secondary N) is 2. The zero-order chi connectivity index (χ0) is 11.8. The number of amides is 2. The van der Waals surface area contributed by atoms with Crippen molar-refractivity contribution in [1.29, 1.82) is 0 Å². The maximum Gasteiger partial charge on any atom is 0.335 e. The summed E-state index contributed by atoms with van der Waals surface area (Å²) >= 11 is 4.58. The maximum atomic E-state index is 11.3. The average molecular weight is 302 g/mol. The van der Waals surface area contributed by atoms with E-state index in [2.05, 4.69) is 31.8 Å². The highest BCUT2D eigenvalue weighted by Gasteiger charge is 1.98. The largest absolute Gasteiger partial charge is 0.335 e. The lowest BCUT2D eigenvalue weighted by Crippen LogP contribution is -2.31. The van der Waals surface area contributed by atoms with Gasteiger partial charge in [0, 0.05) is 6.54 Å². The predicted octanol–water partition coefficient (Wildman–Crippen LogP) is 2.51. The Morgan fingerprint density at radius 2 is 2.12 bits per heavy atom. The Hall–Kier alpha value is -1.01. The van der Waals surface area contributed by atoms with E-state index in [1.54, 1.807) is 0 Å². The smallest absolute Gasteiger partial charge is 0.333 e. The molecule has 86 valence electrons. The minimum atomic E-state index is -0.324. The second-order valence-corrected chi connectivity index (χ2v) is 4.92. The molecule has 16 heavy (non-hydrogen) atoms. The number of halogens is 1. The van der Waals surface area contributed by atoms with Crippen LogP contribution in [0.15, 0.2) is 35.4 Å². The van der Waals surface area contributed by atoms with Gasteiger partial charge < -0.3 is 5.32 Å². The monoisotopic (exact) mass is 301 g/mol. The van der Waals surface area contributed by atoms with E-state index in [1.165, 1.54) is 11.8 Å². The van der Waals surface area contributed by atoms with Gasteiger partial charge in [-0.1, -0.05) is 30.3 Å². The Labute approximate surface area is 107 Å². The first-order valence-electron chi connectivity index (χ1n) is 4.57. The van der Waals surface area contributed by atoms with Crippen molar-refractivity contribution in [1.82, 2.24) is 10.7 Å². The Morgan fingerprint density at radius 1 is 1.44 bits per heavy atom. The first kappa shape index (κ1) is 13.1. The van der Waals surface area contributed by atoms with Crippen molar-refractivity contribution >= 4 is 37.7 Å². The summed E-state index contributed by atoms with van der Waals surface area (Å²) in [7, 11) is 0. The van der Waals surface area contributed by atoms with Crippen LogP contribution < -0.4 is 10.7 Å². The lowest BCUT2D eigenvalue weighted by atomic mass is 10.2. The van der Waals surface area contributed by atoms with Crippen LogP contribution in [0.4, 0.5) is 4.79 Å². The van der Waals surface area contributed by atoms with Crippen LogP contribution in [0.3, 0.4) is 0 Å². The van der Waals surface area contributed by atoms with Crippen molar-refractivity contribution in [3.63, 3.8) is 0 Å². The fourth-order valence-electron chi connectivity index (χ4n) is 0.958. The molecule has 0 aliphatic rings. The minimum absolute atomic E-state index is 0.324. The Kier molecular flexibility index (Phi) is 5.95. The Morgan fingerprint density at radius 3 is 2.75 bits per heavy atom. The number of urea groups is 1. The molecule has 1 aromatic rings. The van der Waals surface area contributed by atoms with Crippen molar-refractivity contribution in [2.45, 2.75) is 6.54 Å². The second-order valence-electron chi connectivity index (χ2n) is 2.85. The molecule has 0 radical (unpaired) electrons. The SMILES string of the molecule is CS/C(Br)=N\NC(=O)NCc1ccccc1. The molecule has 0 heterocycles. The molecular weight excluding hydrogens is 290 g/mol. The number of benzene rings is 1. The summed E-state index contributed by atoms with van der Waals surface area (Å²) in [5.74, 6) is 0. The van der Waals surface area contributed by atoms with E-state index in [4.69, 9.17) is 0 Å². The minimum Gasteiger partial charge on any atom is -0.333 e. The van der Waals surface area contributed by atoms with E-state index in [0.717, 1.165) is 5.56 Å². The molecule has 0 atom stereocenters. The first-order valence-corrected chi connectivity index (χ1v) is 6.59. The molecule has 0 unspecified atom stereocenters. The van der Waals surface area contributed by atoms with Gasteiger partial charge >= 0.3 is 6.03 Å². The summed E-state index contributed by atoms with van der Waals surface area (Å²) in [5.41, 5.74) is 3.42. The van der Waals surface area contributed by atoms with Gasteiger partial charge in [0.2, 0.25) is 0 Å². The molecule has 2 amide bonds. The summed E-state index contributed by atoms with van der Waals surface area (Å²) in [6.07, 6.45) is 1.86. The van der Waals surface area contributed by atoms with Crippen molar-refractivity contribution in [3.8, 4) is 0 Å². The van der Waals surface area contributed by atoms with E-state index in [-0.39, 0.29) is 6.03 Å². The van der Waals surface area contributed by atoms with Gasteiger partial charge in [-0.3, -0.25) is 0 Å². The van der Waals surface area contributed by atoms with Crippen molar-refractivity contribution in [2.75, 3.05) is 6.26 Å². The zero-order valence-electron chi connectivity index (χ0n) is 8.74. The normalized spacial score (nSPS) is 11.0. The quantitative estimate of drug-likeness (QED) is 0.512. The van der Waals surface area contributed by atoms with Crippen molar-refractivity contribution in [2.24, 2.45) is 5.10 Å². The van der Waals surface area contributed by atoms with E-state index in [1.807, 2.05) is 36.6 Å². The van der Waals surface area contributed by atoms with Crippen LogP contribution in [0.5, 0.6) is 0 Å². The molecule has 2 N–H and O–H groups in total. The molecule has 6 heteroatoms. The summed E-state index contributed by atoms with van der Waals surface area (Å²) in [6.45, 7) is 0.485. The molecule has 0 bridgehead atoms. The molecule has 4 nitrogen and oxygen atoms in total. The van der Waals surface area contributed by atoms with Crippen LogP contribution in [0, 0.1) is 0 Å². The van der Waals surface area contributed by atoms with Gasteiger partial charge in [0.05, 0.1) is 0 Å². The summed E-state index contributed by atoms with van der Waals surface area (Å²) in [5, 5.41) is 6.48. The lowest BCUT2D eigenvalue weighted by Gasteiger charge is -2.04. The Balaban J connectivity index is 2.31. The number of carbonyl (C=O) groups excluding carboxylic acids is 1. The first-order chi connectivity index (χ1) is 7.72. The number of nitrogens with zero attached hydrogens (tertiary/aromatic N) is 1. The van der Waals surface area contributed by atoms with Gasteiger partial charge in [0.15, 0.2) is 3.95 Å². The third-order valence-corrected chi connectivity index (χ3v) is 3.29. The molecule has 1 rings (SSSR count). The topological polar surface area (TPSA) is 53.5 Å². The fraction of sp³-hybridized carbons (Fsp3) is 0.200. The van der Waals surface area contributed by atoms with Crippen molar-refractivity contribution < 1.29 is 4.79 Å². The van der Waals surface area contributed by atoms with Gasteiger partial charge in [-0.2, -0.15) is 5.10 Å². The molecule has 0 fully saturated rings. The zero-order valence-corrected chi connectivity index (χ0v) is 11.1. The highest BCUT2D eigenvalue weighted by atomic mass is 79.9. The van der Waals surface area contributed by atoms with Crippen LogP contribution in [0.25, 0.3) is 0 Å². The molecule has 1 aromatic carbocycles. The number of hydrazone groups is 1. The van der Waals surface area contributed by atoms with Crippen molar-refractivity contribution in [3.05, 3.63) is 35.9 Å². The molecule has 0 aromatic heterocycles. The molecule has 0 saturated carbocycles. The van der Waals surface area contributed by atoms with Gasteiger partial charge in [-0.25, -0.2) is 10.2 Å².